The quantitative estimate of drug-likeness (QED) is 0.889. The third-order valence-electron chi connectivity index (χ3n) is 2.21. The van der Waals surface area contributed by atoms with E-state index in [1.165, 1.54) is 12.1 Å². The van der Waals surface area contributed by atoms with Crippen molar-refractivity contribution in [3.63, 3.8) is 0 Å². The largest absolute Gasteiger partial charge is 0.326 e. The Kier molecular flexibility index (Phi) is 4.70. The van der Waals surface area contributed by atoms with E-state index in [0.29, 0.717) is 12.1 Å². The molecule has 19 heavy (non-hydrogen) atoms. The fourth-order valence-corrected chi connectivity index (χ4v) is 2.85. The van der Waals surface area contributed by atoms with Crippen LogP contribution in [0.15, 0.2) is 29.2 Å². The Balaban J connectivity index is 2.90. The molecule has 0 radical (unpaired) electrons. The molecule has 0 fully saturated rings. The molecule has 0 saturated carbocycles. The van der Waals surface area contributed by atoms with E-state index in [2.05, 4.69) is 10.0 Å². The van der Waals surface area contributed by atoms with E-state index in [-0.39, 0.29) is 10.8 Å². The highest BCUT2D eigenvalue weighted by Crippen LogP contribution is 2.16. The molecule has 0 bridgehead atoms. The van der Waals surface area contributed by atoms with Gasteiger partial charge in [0.1, 0.15) is 0 Å². The lowest BCUT2D eigenvalue weighted by Gasteiger charge is -2.20. The van der Waals surface area contributed by atoms with E-state index in [9.17, 15) is 13.2 Å². The van der Waals surface area contributed by atoms with Gasteiger partial charge in [-0.15, -0.1) is 0 Å². The van der Waals surface area contributed by atoms with Crippen molar-refractivity contribution in [2.75, 3.05) is 5.32 Å². The van der Waals surface area contributed by atoms with Crippen molar-refractivity contribution in [2.24, 2.45) is 0 Å². The maximum Gasteiger partial charge on any atom is 0.241 e. The predicted octanol–water partition coefficient (Wildman–Crippen LogP) is 2.11. The Morgan fingerprint density at radius 2 is 1.68 bits per heavy atom. The minimum Gasteiger partial charge on any atom is -0.326 e. The van der Waals surface area contributed by atoms with Gasteiger partial charge in [0.25, 0.3) is 0 Å². The molecule has 0 aliphatic carbocycles. The molecule has 1 aromatic rings. The number of rotatable bonds is 4. The SMILES string of the molecule is CCC(=O)Nc1ccc(S(=O)(=O)NC(C)(C)C)cc1. The summed E-state index contributed by atoms with van der Waals surface area (Å²) in [6.07, 6.45) is 0.381. The van der Waals surface area contributed by atoms with Crippen LogP contribution in [0.3, 0.4) is 0 Å². The lowest BCUT2D eigenvalue weighted by Crippen LogP contribution is -2.40. The first-order valence-electron chi connectivity index (χ1n) is 6.08. The summed E-state index contributed by atoms with van der Waals surface area (Å²) in [5.74, 6) is -0.108. The van der Waals surface area contributed by atoms with Gasteiger partial charge in [-0.2, -0.15) is 0 Å². The molecule has 0 heterocycles. The van der Waals surface area contributed by atoms with Gasteiger partial charge in [-0.25, -0.2) is 13.1 Å². The van der Waals surface area contributed by atoms with Crippen LogP contribution in [0.2, 0.25) is 0 Å². The molecule has 0 atom stereocenters. The molecule has 0 aromatic heterocycles. The van der Waals surface area contributed by atoms with Crippen LogP contribution in [0.4, 0.5) is 5.69 Å². The molecular formula is C13H20N2O3S. The van der Waals surface area contributed by atoms with Gasteiger partial charge in [-0.3, -0.25) is 4.79 Å². The van der Waals surface area contributed by atoms with Crippen molar-refractivity contribution in [3.8, 4) is 0 Å². The molecule has 0 saturated heterocycles. The monoisotopic (exact) mass is 284 g/mol. The molecule has 2 N–H and O–H groups in total. The van der Waals surface area contributed by atoms with E-state index in [1.807, 2.05) is 0 Å². The van der Waals surface area contributed by atoms with Gasteiger partial charge in [-0.05, 0) is 45.0 Å². The molecule has 1 amide bonds. The number of carbonyl (C=O) groups excluding carboxylic acids is 1. The lowest BCUT2D eigenvalue weighted by molar-refractivity contribution is -0.115. The van der Waals surface area contributed by atoms with Crippen molar-refractivity contribution in [3.05, 3.63) is 24.3 Å². The van der Waals surface area contributed by atoms with E-state index in [1.54, 1.807) is 39.8 Å². The molecule has 0 aliphatic rings. The molecule has 106 valence electrons. The number of hydrogen-bond donors (Lipinski definition) is 2. The summed E-state index contributed by atoms with van der Waals surface area (Å²) in [4.78, 5) is 11.4. The Bertz CT molecular complexity index is 542. The molecule has 0 unspecified atom stereocenters. The van der Waals surface area contributed by atoms with Crippen LogP contribution >= 0.6 is 0 Å². The third kappa shape index (κ3) is 5.00. The highest BCUT2D eigenvalue weighted by Gasteiger charge is 2.21. The molecule has 1 aromatic carbocycles. The summed E-state index contributed by atoms with van der Waals surface area (Å²) in [6, 6.07) is 6.09. The highest BCUT2D eigenvalue weighted by atomic mass is 32.2. The van der Waals surface area contributed by atoms with Crippen molar-refractivity contribution < 1.29 is 13.2 Å². The van der Waals surface area contributed by atoms with Gasteiger partial charge in [0.05, 0.1) is 4.90 Å². The topological polar surface area (TPSA) is 75.3 Å². The van der Waals surface area contributed by atoms with E-state index in [4.69, 9.17) is 0 Å². The number of amides is 1. The Labute approximate surface area is 114 Å². The van der Waals surface area contributed by atoms with Gasteiger partial charge < -0.3 is 5.32 Å². The number of sulfonamides is 1. The number of carbonyl (C=O) groups is 1. The van der Waals surface area contributed by atoms with Crippen molar-refractivity contribution in [1.82, 2.24) is 4.72 Å². The van der Waals surface area contributed by atoms with Gasteiger partial charge in [0.2, 0.25) is 15.9 Å². The summed E-state index contributed by atoms with van der Waals surface area (Å²) in [5.41, 5.74) is 0.0510. The summed E-state index contributed by atoms with van der Waals surface area (Å²) >= 11 is 0. The maximum atomic E-state index is 12.0. The van der Waals surface area contributed by atoms with Crippen LogP contribution in [0, 0.1) is 0 Å². The molecule has 6 heteroatoms. The fourth-order valence-electron chi connectivity index (χ4n) is 1.43. The van der Waals surface area contributed by atoms with Crippen LogP contribution in [0.25, 0.3) is 0 Å². The highest BCUT2D eigenvalue weighted by molar-refractivity contribution is 7.89. The Hall–Kier alpha value is -1.40. The Morgan fingerprint density at radius 3 is 2.11 bits per heavy atom. The van der Waals surface area contributed by atoms with Gasteiger partial charge >= 0.3 is 0 Å². The van der Waals surface area contributed by atoms with Crippen molar-refractivity contribution in [2.45, 2.75) is 44.6 Å². The van der Waals surface area contributed by atoms with Crippen molar-refractivity contribution >= 4 is 21.6 Å². The molecule has 0 aliphatic heterocycles. The molecule has 0 spiro atoms. The number of hydrogen-bond acceptors (Lipinski definition) is 3. The van der Waals surface area contributed by atoms with E-state index >= 15 is 0 Å². The minimum atomic E-state index is -3.53. The fraction of sp³-hybridized carbons (Fsp3) is 0.462. The third-order valence-corrected chi connectivity index (χ3v) is 3.98. The summed E-state index contributed by atoms with van der Waals surface area (Å²) < 4.78 is 26.6. The van der Waals surface area contributed by atoms with Crippen LogP contribution < -0.4 is 10.0 Å². The number of benzene rings is 1. The molecule has 1 rings (SSSR count). The second kappa shape index (κ2) is 5.71. The zero-order valence-corrected chi connectivity index (χ0v) is 12.5. The van der Waals surface area contributed by atoms with Gasteiger partial charge in [-0.1, -0.05) is 6.92 Å². The smallest absolute Gasteiger partial charge is 0.241 e. The van der Waals surface area contributed by atoms with Crippen LogP contribution in [-0.4, -0.2) is 19.9 Å². The first kappa shape index (κ1) is 15.7. The van der Waals surface area contributed by atoms with E-state index < -0.39 is 15.6 Å². The predicted molar refractivity (Wildman–Crippen MR) is 75.4 cm³/mol. The summed E-state index contributed by atoms with van der Waals surface area (Å²) in [5, 5.41) is 2.66. The summed E-state index contributed by atoms with van der Waals surface area (Å²) in [6.45, 7) is 7.09. The molecular weight excluding hydrogens is 264 g/mol. The zero-order valence-electron chi connectivity index (χ0n) is 11.6. The standard InChI is InChI=1S/C13H20N2O3S/c1-5-12(16)14-10-6-8-11(9-7-10)19(17,18)15-13(2,3)4/h6-9,15H,5H2,1-4H3,(H,14,16). The van der Waals surface area contributed by atoms with Crippen LogP contribution in [0.5, 0.6) is 0 Å². The first-order valence-corrected chi connectivity index (χ1v) is 7.56. The Morgan fingerprint density at radius 1 is 1.16 bits per heavy atom. The van der Waals surface area contributed by atoms with Gasteiger partial charge in [0.15, 0.2) is 0 Å². The van der Waals surface area contributed by atoms with Crippen LogP contribution in [-0.2, 0) is 14.8 Å². The number of nitrogens with one attached hydrogen (secondary N) is 2. The van der Waals surface area contributed by atoms with Crippen LogP contribution in [0.1, 0.15) is 34.1 Å². The average molecular weight is 284 g/mol. The maximum absolute atomic E-state index is 12.0. The van der Waals surface area contributed by atoms with E-state index in [0.717, 1.165) is 0 Å². The normalized spacial score (nSPS) is 12.2. The van der Waals surface area contributed by atoms with Crippen molar-refractivity contribution in [1.29, 1.82) is 0 Å². The zero-order chi connectivity index (χ0) is 14.7. The second-order valence-corrected chi connectivity index (χ2v) is 6.96. The summed E-state index contributed by atoms with van der Waals surface area (Å²) in [7, 11) is -3.53. The first-order chi connectivity index (χ1) is 8.64. The number of anilines is 1. The minimum absolute atomic E-state index is 0.108. The lowest BCUT2D eigenvalue weighted by atomic mass is 10.1. The average Bonchev–Trinajstić information content (AvgIpc) is 2.26. The van der Waals surface area contributed by atoms with Gasteiger partial charge in [0, 0.05) is 17.6 Å². The second-order valence-electron chi connectivity index (χ2n) is 5.28. The molecule has 5 nitrogen and oxygen atoms in total.